The van der Waals surface area contributed by atoms with Gasteiger partial charge in [-0.25, -0.2) is 0 Å². The molecule has 4 heteroatoms. The van der Waals surface area contributed by atoms with Crippen LogP contribution in [0.1, 0.15) is 40.9 Å². The highest BCUT2D eigenvalue weighted by Crippen LogP contribution is 2.15. The van der Waals surface area contributed by atoms with Gasteiger partial charge in [0.15, 0.2) is 0 Å². The molecule has 0 aliphatic carbocycles. The van der Waals surface area contributed by atoms with Crippen LogP contribution in [0, 0.1) is 11.3 Å². The lowest BCUT2D eigenvalue weighted by Gasteiger charge is -2.13. The van der Waals surface area contributed by atoms with E-state index in [0.717, 1.165) is 12.0 Å². The molecule has 2 aromatic rings. The molecule has 0 saturated carbocycles. The summed E-state index contributed by atoms with van der Waals surface area (Å²) in [6.07, 6.45) is 0.778. The Morgan fingerprint density at radius 3 is 2.74 bits per heavy atom. The van der Waals surface area contributed by atoms with Crippen LogP contribution in [0.4, 0.5) is 0 Å². The molecule has 2 aromatic carbocycles. The summed E-state index contributed by atoms with van der Waals surface area (Å²) in [4.78, 5) is 12.0. The first-order chi connectivity index (χ1) is 11.2. The summed E-state index contributed by atoms with van der Waals surface area (Å²) in [6.45, 7) is 3.13. The van der Waals surface area contributed by atoms with Gasteiger partial charge in [0.1, 0.15) is 0 Å². The van der Waals surface area contributed by atoms with Gasteiger partial charge in [0.2, 0.25) is 0 Å². The third kappa shape index (κ3) is 5.24. The van der Waals surface area contributed by atoms with Crippen molar-refractivity contribution in [3.05, 3.63) is 71.3 Å². The molecule has 0 aliphatic rings. The average Bonchev–Trinajstić information content (AvgIpc) is 2.61. The van der Waals surface area contributed by atoms with Crippen LogP contribution in [-0.4, -0.2) is 19.1 Å². The van der Waals surface area contributed by atoms with E-state index in [2.05, 4.69) is 5.32 Å². The van der Waals surface area contributed by atoms with Crippen LogP contribution in [0.2, 0.25) is 0 Å². The summed E-state index contributed by atoms with van der Waals surface area (Å²) in [7, 11) is 0. The topological polar surface area (TPSA) is 62.1 Å². The number of amides is 1. The number of hydrogen-bond acceptors (Lipinski definition) is 3. The first kappa shape index (κ1) is 16.7. The molecule has 0 saturated heterocycles. The fourth-order valence-electron chi connectivity index (χ4n) is 2.19. The Balaban J connectivity index is 1.69. The first-order valence-corrected chi connectivity index (χ1v) is 7.65. The second kappa shape index (κ2) is 8.72. The lowest BCUT2D eigenvalue weighted by atomic mass is 10.1. The second-order valence-electron chi connectivity index (χ2n) is 5.23. The normalized spacial score (nSPS) is 11.5. The standard InChI is InChI=1S/C19H20N2O2/c1-15(17-8-3-2-4-9-17)23-12-6-11-21-19(22)18-10-5-7-16(13-18)14-20/h2-5,7-10,13,15H,6,11-12H2,1H3,(H,21,22)/t15-/m0/s1. The molecular formula is C19H20N2O2. The van der Waals surface area contributed by atoms with Crippen molar-refractivity contribution in [2.75, 3.05) is 13.2 Å². The largest absolute Gasteiger partial charge is 0.374 e. The second-order valence-corrected chi connectivity index (χ2v) is 5.23. The van der Waals surface area contributed by atoms with Gasteiger partial charge in [-0.3, -0.25) is 4.79 Å². The van der Waals surface area contributed by atoms with Gasteiger partial charge < -0.3 is 10.1 Å². The van der Waals surface area contributed by atoms with Crippen LogP contribution < -0.4 is 5.32 Å². The zero-order valence-corrected chi connectivity index (χ0v) is 13.2. The van der Waals surface area contributed by atoms with Crippen molar-refractivity contribution >= 4 is 5.91 Å². The molecule has 0 heterocycles. The Labute approximate surface area is 136 Å². The van der Waals surface area contributed by atoms with Crippen molar-refractivity contribution in [1.82, 2.24) is 5.32 Å². The lowest BCUT2D eigenvalue weighted by molar-refractivity contribution is 0.0635. The number of hydrogen-bond donors (Lipinski definition) is 1. The van der Waals surface area contributed by atoms with Crippen LogP contribution >= 0.6 is 0 Å². The number of carbonyl (C=O) groups is 1. The molecule has 1 N–H and O–H groups in total. The summed E-state index contributed by atoms with van der Waals surface area (Å²) < 4.78 is 5.76. The highest BCUT2D eigenvalue weighted by atomic mass is 16.5. The molecule has 0 fully saturated rings. The van der Waals surface area contributed by atoms with Crippen molar-refractivity contribution < 1.29 is 9.53 Å². The van der Waals surface area contributed by atoms with E-state index in [4.69, 9.17) is 10.00 Å². The molecule has 23 heavy (non-hydrogen) atoms. The van der Waals surface area contributed by atoms with E-state index >= 15 is 0 Å². The minimum Gasteiger partial charge on any atom is -0.374 e. The van der Waals surface area contributed by atoms with Gasteiger partial charge in [0, 0.05) is 18.7 Å². The molecule has 0 bridgehead atoms. The quantitative estimate of drug-likeness (QED) is 0.797. The fraction of sp³-hybridized carbons (Fsp3) is 0.263. The molecule has 0 aliphatic heterocycles. The summed E-state index contributed by atoms with van der Waals surface area (Å²) in [6, 6.07) is 18.7. The predicted octanol–water partition coefficient (Wildman–Crippen LogP) is 3.46. The lowest BCUT2D eigenvalue weighted by Crippen LogP contribution is -2.25. The van der Waals surface area contributed by atoms with E-state index in [1.54, 1.807) is 24.3 Å². The van der Waals surface area contributed by atoms with E-state index in [0.29, 0.717) is 24.3 Å². The molecular weight excluding hydrogens is 288 g/mol. The highest BCUT2D eigenvalue weighted by molar-refractivity contribution is 5.94. The monoisotopic (exact) mass is 308 g/mol. The first-order valence-electron chi connectivity index (χ1n) is 7.65. The predicted molar refractivity (Wildman–Crippen MR) is 88.9 cm³/mol. The molecule has 0 unspecified atom stereocenters. The molecule has 118 valence electrons. The van der Waals surface area contributed by atoms with E-state index in [1.165, 1.54) is 0 Å². The van der Waals surface area contributed by atoms with Gasteiger partial charge in [-0.1, -0.05) is 36.4 Å². The van der Waals surface area contributed by atoms with Crippen molar-refractivity contribution in [2.45, 2.75) is 19.4 Å². The van der Waals surface area contributed by atoms with Crippen molar-refractivity contribution in [2.24, 2.45) is 0 Å². The van der Waals surface area contributed by atoms with Gasteiger partial charge in [-0.2, -0.15) is 5.26 Å². The molecule has 0 spiro atoms. The van der Waals surface area contributed by atoms with Crippen LogP contribution in [-0.2, 0) is 4.74 Å². The zero-order chi connectivity index (χ0) is 16.5. The maximum absolute atomic E-state index is 12.0. The fourth-order valence-corrected chi connectivity index (χ4v) is 2.19. The van der Waals surface area contributed by atoms with Gasteiger partial charge in [-0.15, -0.1) is 0 Å². The Morgan fingerprint density at radius 1 is 1.22 bits per heavy atom. The smallest absolute Gasteiger partial charge is 0.251 e. The van der Waals surface area contributed by atoms with E-state index in [9.17, 15) is 4.79 Å². The summed E-state index contributed by atoms with van der Waals surface area (Å²) in [5.41, 5.74) is 2.13. The van der Waals surface area contributed by atoms with E-state index in [1.807, 2.05) is 43.3 Å². The maximum atomic E-state index is 12.0. The average molecular weight is 308 g/mol. The van der Waals surface area contributed by atoms with Crippen molar-refractivity contribution in [3.8, 4) is 6.07 Å². The molecule has 2 rings (SSSR count). The van der Waals surface area contributed by atoms with Gasteiger partial charge in [0.25, 0.3) is 5.91 Å². The number of nitrogens with one attached hydrogen (secondary N) is 1. The maximum Gasteiger partial charge on any atom is 0.251 e. The van der Waals surface area contributed by atoms with Gasteiger partial charge >= 0.3 is 0 Å². The van der Waals surface area contributed by atoms with E-state index < -0.39 is 0 Å². The van der Waals surface area contributed by atoms with Gasteiger partial charge in [-0.05, 0) is 37.1 Å². The Morgan fingerprint density at radius 2 is 2.00 bits per heavy atom. The molecule has 0 radical (unpaired) electrons. The Bertz CT molecular complexity index is 677. The van der Waals surface area contributed by atoms with Crippen LogP contribution in [0.15, 0.2) is 54.6 Å². The van der Waals surface area contributed by atoms with Crippen LogP contribution in [0.25, 0.3) is 0 Å². The number of nitriles is 1. The van der Waals surface area contributed by atoms with Crippen molar-refractivity contribution in [1.29, 1.82) is 5.26 Å². The number of rotatable bonds is 7. The Hall–Kier alpha value is -2.64. The zero-order valence-electron chi connectivity index (χ0n) is 13.2. The third-order valence-corrected chi connectivity index (χ3v) is 3.50. The molecule has 1 atom stereocenters. The highest BCUT2D eigenvalue weighted by Gasteiger charge is 2.07. The SMILES string of the molecule is C[C@H](OCCCNC(=O)c1cccc(C#N)c1)c1ccccc1. The molecule has 4 nitrogen and oxygen atoms in total. The minimum absolute atomic E-state index is 0.0409. The summed E-state index contributed by atoms with van der Waals surface area (Å²) >= 11 is 0. The number of ether oxygens (including phenoxy) is 1. The third-order valence-electron chi connectivity index (χ3n) is 3.50. The Kier molecular flexibility index (Phi) is 6.34. The van der Waals surface area contributed by atoms with Crippen molar-refractivity contribution in [3.63, 3.8) is 0 Å². The van der Waals surface area contributed by atoms with Crippen LogP contribution in [0.5, 0.6) is 0 Å². The minimum atomic E-state index is -0.168. The number of benzene rings is 2. The number of nitrogens with zero attached hydrogens (tertiary/aromatic N) is 1. The summed E-state index contributed by atoms with van der Waals surface area (Å²) in [5, 5.41) is 11.7. The van der Waals surface area contributed by atoms with Crippen LogP contribution in [0.3, 0.4) is 0 Å². The van der Waals surface area contributed by atoms with E-state index in [-0.39, 0.29) is 12.0 Å². The van der Waals surface area contributed by atoms with Gasteiger partial charge in [0.05, 0.1) is 17.7 Å². The molecule has 1 amide bonds. The summed E-state index contributed by atoms with van der Waals surface area (Å²) in [5.74, 6) is -0.168. The molecule has 0 aromatic heterocycles. The number of carbonyl (C=O) groups excluding carboxylic acids is 1.